The minimum atomic E-state index is -0.234. The van der Waals surface area contributed by atoms with Crippen molar-refractivity contribution in [2.24, 2.45) is 16.8 Å². The fourth-order valence-electron chi connectivity index (χ4n) is 5.00. The third kappa shape index (κ3) is 10.0. The molecule has 0 radical (unpaired) electrons. The van der Waals surface area contributed by atoms with Gasteiger partial charge >= 0.3 is 152 Å². The van der Waals surface area contributed by atoms with E-state index in [9.17, 15) is 9.10 Å². The molecule has 0 N–H and O–H groups in total. The van der Waals surface area contributed by atoms with Gasteiger partial charge in [-0.15, -0.1) is 0 Å². The van der Waals surface area contributed by atoms with E-state index in [0.29, 0.717) is 24.5 Å². The topological polar surface area (TPSA) is 45.1 Å². The normalized spacial score (nSPS) is 15.9. The third-order valence-electron chi connectivity index (χ3n) is 7.00. The van der Waals surface area contributed by atoms with Crippen LogP contribution in [0.15, 0.2) is 53.5 Å². The summed E-state index contributed by atoms with van der Waals surface area (Å²) in [4.78, 5) is 9.59. The predicted molar refractivity (Wildman–Crippen MR) is 152 cm³/mol. The van der Waals surface area contributed by atoms with Gasteiger partial charge in [-0.05, 0) is 17.7 Å². The number of hydrogen-bond acceptors (Lipinski definition) is 5. The van der Waals surface area contributed by atoms with Crippen LogP contribution < -0.4 is 9.64 Å². The standard InChI is InChI=1S/C30H43BFN3O2/c1-23(2)13-18-35(28-9-11-30(12-10-28)37-21-25-5-7-26(32)8-6-25)29-14-16-34(17-15-29)20-27(19-24(3)4)33-22-31-36/h5-12,22-24,27,29H,13-21H2,1-4H3. The van der Waals surface area contributed by atoms with Crippen molar-refractivity contribution in [1.29, 1.82) is 0 Å². The van der Waals surface area contributed by atoms with Crippen LogP contribution in [0.4, 0.5) is 10.1 Å². The number of aliphatic imine (C=N–C) groups is 1. The summed E-state index contributed by atoms with van der Waals surface area (Å²) >= 11 is 0. The molecule has 0 aliphatic carbocycles. The number of ether oxygens (including phenoxy) is 1. The molecule has 0 aromatic heterocycles. The molecular formula is C30H43BFN3O2. The summed E-state index contributed by atoms with van der Waals surface area (Å²) in [5.74, 6) is 1.79. The van der Waals surface area contributed by atoms with Gasteiger partial charge in [-0.3, -0.25) is 0 Å². The van der Waals surface area contributed by atoms with E-state index in [1.165, 1.54) is 23.9 Å². The molecule has 1 atom stereocenters. The van der Waals surface area contributed by atoms with Crippen molar-refractivity contribution in [3.05, 3.63) is 59.9 Å². The summed E-state index contributed by atoms with van der Waals surface area (Å²) < 4.78 is 29.9. The van der Waals surface area contributed by atoms with Crippen LogP contribution in [0.5, 0.6) is 5.75 Å². The molecule has 3 rings (SSSR count). The van der Waals surface area contributed by atoms with Gasteiger partial charge in [0.25, 0.3) is 0 Å². The first kappa shape index (κ1) is 29.0. The van der Waals surface area contributed by atoms with Gasteiger partial charge in [-0.2, -0.15) is 0 Å². The molecule has 0 spiro atoms. The molecule has 1 aliphatic heterocycles. The summed E-state index contributed by atoms with van der Waals surface area (Å²) in [5, 5.41) is 0. The van der Waals surface area contributed by atoms with Gasteiger partial charge in [-0.25, -0.2) is 4.39 Å². The van der Waals surface area contributed by atoms with Gasteiger partial charge in [0.05, 0.1) is 0 Å². The zero-order valence-electron chi connectivity index (χ0n) is 23.0. The number of halogens is 1. The maximum absolute atomic E-state index is 13.1. The molecule has 7 heteroatoms. The van der Waals surface area contributed by atoms with Gasteiger partial charge in [-0.1, -0.05) is 26.0 Å². The fourth-order valence-corrected chi connectivity index (χ4v) is 5.00. The first-order chi connectivity index (χ1) is 17.8. The SMILES string of the molecule is CC(C)CCN(c1ccc(OCc2ccc(F)cc2)cc1)C1CCN(CC(CC(C)C)N=CB=O)CC1. The van der Waals surface area contributed by atoms with E-state index < -0.39 is 0 Å². The quantitative estimate of drug-likeness (QED) is 0.225. The predicted octanol–water partition coefficient (Wildman–Crippen LogP) is 6.21. The fraction of sp³-hybridized carbons (Fsp3) is 0.567. The number of nitrogens with zero attached hydrogens (tertiary/aromatic N) is 3. The zero-order chi connectivity index (χ0) is 26.6. The summed E-state index contributed by atoms with van der Waals surface area (Å²) in [7, 11) is 0.783. The number of hydrogen-bond donors (Lipinski definition) is 0. The average Bonchev–Trinajstić information content (AvgIpc) is 2.88. The van der Waals surface area contributed by atoms with E-state index in [0.717, 1.165) is 70.3 Å². The van der Waals surface area contributed by atoms with E-state index in [1.807, 2.05) is 12.1 Å². The molecule has 5 nitrogen and oxygen atoms in total. The Bertz CT molecular complexity index is 958. The maximum atomic E-state index is 13.1. The van der Waals surface area contributed by atoms with Crippen LogP contribution in [0.3, 0.4) is 0 Å². The van der Waals surface area contributed by atoms with Crippen LogP contribution >= 0.6 is 0 Å². The van der Waals surface area contributed by atoms with Crippen LogP contribution in [-0.4, -0.2) is 56.4 Å². The van der Waals surface area contributed by atoms with Crippen LogP contribution in [0.1, 0.15) is 58.9 Å². The molecule has 1 heterocycles. The van der Waals surface area contributed by atoms with E-state index in [1.54, 1.807) is 12.1 Å². The van der Waals surface area contributed by atoms with Gasteiger partial charge < -0.3 is 4.74 Å². The second-order valence-corrected chi connectivity index (χ2v) is 11.0. The molecule has 1 fully saturated rings. The molecule has 2 aromatic carbocycles. The van der Waals surface area contributed by atoms with Crippen molar-refractivity contribution in [2.45, 2.75) is 72.1 Å². The van der Waals surface area contributed by atoms with Crippen LogP contribution in [0, 0.1) is 17.7 Å². The summed E-state index contributed by atoms with van der Waals surface area (Å²) in [6.45, 7) is 13.5. The minimum absolute atomic E-state index is 0.182. The zero-order valence-corrected chi connectivity index (χ0v) is 23.0. The molecule has 37 heavy (non-hydrogen) atoms. The van der Waals surface area contributed by atoms with Gasteiger partial charge in [0.15, 0.2) is 0 Å². The molecule has 0 bridgehead atoms. The Morgan fingerprint density at radius 3 is 2.32 bits per heavy atom. The Labute approximate surface area is 223 Å². The van der Waals surface area contributed by atoms with Crippen LogP contribution in [0.25, 0.3) is 0 Å². The van der Waals surface area contributed by atoms with Crippen molar-refractivity contribution < 1.29 is 13.8 Å². The first-order valence-corrected chi connectivity index (χ1v) is 13.8. The Morgan fingerprint density at radius 1 is 1.05 bits per heavy atom. The number of rotatable bonds is 14. The summed E-state index contributed by atoms with van der Waals surface area (Å²) in [6, 6.07) is 15.5. The molecular weight excluding hydrogens is 464 g/mol. The van der Waals surface area contributed by atoms with Crippen molar-refractivity contribution >= 4 is 19.0 Å². The van der Waals surface area contributed by atoms with Crippen molar-refractivity contribution in [3.8, 4) is 5.75 Å². The van der Waals surface area contributed by atoms with Gasteiger partial charge in [0.2, 0.25) is 0 Å². The monoisotopic (exact) mass is 507 g/mol. The van der Waals surface area contributed by atoms with Crippen LogP contribution in [-0.2, 0) is 11.3 Å². The Morgan fingerprint density at radius 2 is 1.73 bits per heavy atom. The average molecular weight is 508 g/mol. The van der Waals surface area contributed by atoms with E-state index in [-0.39, 0.29) is 11.9 Å². The van der Waals surface area contributed by atoms with Crippen molar-refractivity contribution in [1.82, 2.24) is 4.90 Å². The summed E-state index contributed by atoms with van der Waals surface area (Å²) in [5.41, 5.74) is 2.18. The Kier molecular flexibility index (Phi) is 11.8. The second kappa shape index (κ2) is 15.0. The van der Waals surface area contributed by atoms with E-state index >= 15 is 0 Å². The molecule has 0 saturated carbocycles. The van der Waals surface area contributed by atoms with Crippen LogP contribution in [0.2, 0.25) is 0 Å². The third-order valence-corrected chi connectivity index (χ3v) is 7.00. The number of anilines is 1. The Balaban J connectivity index is 1.60. The molecule has 1 aliphatic rings. The summed E-state index contributed by atoms with van der Waals surface area (Å²) in [6.07, 6.45) is 5.81. The molecule has 2 aromatic rings. The molecule has 200 valence electrons. The molecule has 0 amide bonds. The van der Waals surface area contributed by atoms with Crippen molar-refractivity contribution in [3.63, 3.8) is 0 Å². The Hall–Kier alpha value is -2.54. The molecule has 1 saturated heterocycles. The molecule has 1 unspecified atom stereocenters. The first-order valence-electron chi connectivity index (χ1n) is 13.8. The number of likely N-dealkylation sites (tertiary alicyclic amines) is 1. The van der Waals surface area contributed by atoms with Crippen molar-refractivity contribution in [2.75, 3.05) is 31.1 Å². The van der Waals surface area contributed by atoms with E-state index in [2.05, 4.69) is 54.6 Å². The number of piperidine rings is 1. The van der Waals surface area contributed by atoms with Gasteiger partial charge in [0.1, 0.15) is 18.2 Å². The van der Waals surface area contributed by atoms with E-state index in [4.69, 9.17) is 4.74 Å². The second-order valence-electron chi connectivity index (χ2n) is 11.0. The van der Waals surface area contributed by atoms with Gasteiger partial charge in [0, 0.05) is 0 Å². The number of benzene rings is 2.